The van der Waals surface area contributed by atoms with Crippen LogP contribution in [0.15, 0.2) is 24.3 Å². The topological polar surface area (TPSA) is 46.3 Å². The van der Waals surface area contributed by atoms with Crippen LogP contribution in [0.5, 0.6) is 0 Å². The predicted octanol–water partition coefficient (Wildman–Crippen LogP) is 1.51. The zero-order valence-corrected chi connectivity index (χ0v) is 11.2. The van der Waals surface area contributed by atoms with Crippen molar-refractivity contribution in [3.8, 4) is 0 Å². The van der Waals surface area contributed by atoms with Gasteiger partial charge in [0, 0.05) is 28.3 Å². The minimum atomic E-state index is 0.186. The molecule has 1 saturated heterocycles. The Kier molecular flexibility index (Phi) is 3.94. The molecule has 0 aliphatic carbocycles. The van der Waals surface area contributed by atoms with Gasteiger partial charge in [0.1, 0.15) is 0 Å². The molecule has 16 heavy (non-hydrogen) atoms. The molecule has 1 fully saturated rings. The maximum atomic E-state index is 11.9. The zero-order valence-electron chi connectivity index (χ0n) is 9.03. The number of nitrogens with zero attached hydrogens (tertiary/aromatic N) is 1. The molecule has 86 valence electrons. The predicted molar refractivity (Wildman–Crippen MR) is 72.5 cm³/mol. The van der Waals surface area contributed by atoms with Gasteiger partial charge in [0.2, 0.25) is 0 Å². The fourth-order valence-electron chi connectivity index (χ4n) is 1.94. The summed E-state index contributed by atoms with van der Waals surface area (Å²) in [5.41, 5.74) is 6.60. The Morgan fingerprint density at radius 1 is 1.44 bits per heavy atom. The van der Waals surface area contributed by atoms with E-state index in [2.05, 4.69) is 27.5 Å². The molecule has 1 heterocycles. The minimum Gasteiger partial charge on any atom is -0.326 e. The van der Waals surface area contributed by atoms with E-state index in [1.54, 1.807) is 0 Å². The first-order valence-electron chi connectivity index (χ1n) is 5.42. The molecule has 1 aliphatic rings. The third-order valence-electron chi connectivity index (χ3n) is 2.84. The highest BCUT2D eigenvalue weighted by Crippen LogP contribution is 2.11. The standard InChI is InChI=1S/C12H15IN2O/c13-10-3-1-9(2-4-10)12(16)8-15-6-5-11(14)7-15/h1-4,11H,5-8,14H2. The lowest BCUT2D eigenvalue weighted by molar-refractivity contribution is 0.0945. The van der Waals surface area contributed by atoms with Crippen LogP contribution >= 0.6 is 22.6 Å². The van der Waals surface area contributed by atoms with Gasteiger partial charge in [-0.05, 0) is 41.1 Å². The number of rotatable bonds is 3. The number of nitrogens with two attached hydrogens (primary N) is 1. The number of carbonyl (C=O) groups is 1. The quantitative estimate of drug-likeness (QED) is 0.675. The summed E-state index contributed by atoms with van der Waals surface area (Å²) < 4.78 is 1.15. The number of hydrogen-bond donors (Lipinski definition) is 1. The number of halogens is 1. The smallest absolute Gasteiger partial charge is 0.176 e. The van der Waals surface area contributed by atoms with E-state index >= 15 is 0 Å². The van der Waals surface area contributed by atoms with E-state index in [0.717, 1.165) is 28.6 Å². The van der Waals surface area contributed by atoms with Crippen LogP contribution in [0.3, 0.4) is 0 Å². The van der Waals surface area contributed by atoms with E-state index in [0.29, 0.717) is 6.54 Å². The first-order chi connectivity index (χ1) is 7.65. The second kappa shape index (κ2) is 5.25. The normalized spacial score (nSPS) is 21.2. The Morgan fingerprint density at radius 2 is 2.12 bits per heavy atom. The largest absolute Gasteiger partial charge is 0.326 e. The van der Waals surface area contributed by atoms with Gasteiger partial charge in [-0.25, -0.2) is 0 Å². The summed E-state index contributed by atoms with van der Waals surface area (Å²) in [5.74, 6) is 0.186. The first-order valence-corrected chi connectivity index (χ1v) is 6.50. The Labute approximate surface area is 109 Å². The highest BCUT2D eigenvalue weighted by Gasteiger charge is 2.21. The summed E-state index contributed by atoms with van der Waals surface area (Å²) >= 11 is 2.23. The van der Waals surface area contributed by atoms with Gasteiger partial charge in [0.05, 0.1) is 6.54 Å². The number of carbonyl (C=O) groups excluding carboxylic acids is 1. The van der Waals surface area contributed by atoms with E-state index in [1.165, 1.54) is 0 Å². The maximum absolute atomic E-state index is 11.9. The molecule has 1 aromatic carbocycles. The number of hydrogen-bond acceptors (Lipinski definition) is 3. The molecule has 1 aliphatic heterocycles. The van der Waals surface area contributed by atoms with Crippen LogP contribution in [-0.4, -0.2) is 36.4 Å². The van der Waals surface area contributed by atoms with Crippen molar-refractivity contribution < 1.29 is 4.79 Å². The van der Waals surface area contributed by atoms with Crippen LogP contribution in [0.25, 0.3) is 0 Å². The Bertz CT molecular complexity index is 377. The lowest BCUT2D eigenvalue weighted by atomic mass is 10.1. The second-order valence-corrected chi connectivity index (χ2v) is 5.46. The molecule has 2 N–H and O–H groups in total. The van der Waals surface area contributed by atoms with E-state index in [1.807, 2.05) is 24.3 Å². The monoisotopic (exact) mass is 330 g/mol. The molecular formula is C12H15IN2O. The molecule has 1 aromatic rings. The Morgan fingerprint density at radius 3 is 2.69 bits per heavy atom. The molecule has 4 heteroatoms. The van der Waals surface area contributed by atoms with Gasteiger partial charge in [0.15, 0.2) is 5.78 Å². The number of ketones is 1. The molecule has 1 atom stereocenters. The van der Waals surface area contributed by atoms with E-state index in [-0.39, 0.29) is 11.8 Å². The number of benzene rings is 1. The van der Waals surface area contributed by atoms with Crippen LogP contribution in [0.4, 0.5) is 0 Å². The Balaban J connectivity index is 1.95. The van der Waals surface area contributed by atoms with Crippen LogP contribution in [0.1, 0.15) is 16.8 Å². The zero-order chi connectivity index (χ0) is 11.5. The SMILES string of the molecule is NC1CCN(CC(=O)c2ccc(I)cc2)C1. The summed E-state index contributed by atoms with van der Waals surface area (Å²) in [5, 5.41) is 0. The minimum absolute atomic E-state index is 0.186. The van der Waals surface area contributed by atoms with Gasteiger partial charge in [-0.2, -0.15) is 0 Å². The summed E-state index contributed by atoms with van der Waals surface area (Å²) in [4.78, 5) is 14.1. The summed E-state index contributed by atoms with van der Waals surface area (Å²) in [6.45, 7) is 2.28. The fourth-order valence-corrected chi connectivity index (χ4v) is 2.30. The third kappa shape index (κ3) is 3.02. The van der Waals surface area contributed by atoms with Crippen LogP contribution in [-0.2, 0) is 0 Å². The van der Waals surface area contributed by atoms with Crippen molar-refractivity contribution in [2.24, 2.45) is 5.73 Å². The van der Waals surface area contributed by atoms with Gasteiger partial charge < -0.3 is 5.73 Å². The first kappa shape index (κ1) is 12.0. The van der Waals surface area contributed by atoms with Crippen molar-refractivity contribution in [1.82, 2.24) is 4.90 Å². The molecule has 3 nitrogen and oxygen atoms in total. The lowest BCUT2D eigenvalue weighted by Crippen LogP contribution is -2.31. The van der Waals surface area contributed by atoms with Crippen molar-refractivity contribution in [2.75, 3.05) is 19.6 Å². The van der Waals surface area contributed by atoms with Gasteiger partial charge in [-0.1, -0.05) is 12.1 Å². The Hall–Kier alpha value is -0.460. The van der Waals surface area contributed by atoms with Crippen molar-refractivity contribution in [2.45, 2.75) is 12.5 Å². The maximum Gasteiger partial charge on any atom is 0.176 e. The highest BCUT2D eigenvalue weighted by atomic mass is 127. The molecule has 0 amide bonds. The fraction of sp³-hybridized carbons (Fsp3) is 0.417. The molecule has 0 aromatic heterocycles. The van der Waals surface area contributed by atoms with Crippen LogP contribution in [0.2, 0.25) is 0 Å². The van der Waals surface area contributed by atoms with Gasteiger partial charge >= 0.3 is 0 Å². The molecule has 2 rings (SSSR count). The highest BCUT2D eigenvalue weighted by molar-refractivity contribution is 14.1. The van der Waals surface area contributed by atoms with Crippen molar-refractivity contribution in [3.05, 3.63) is 33.4 Å². The van der Waals surface area contributed by atoms with Crippen LogP contribution in [0, 0.1) is 3.57 Å². The molecule has 0 saturated carbocycles. The van der Waals surface area contributed by atoms with E-state index in [4.69, 9.17) is 5.73 Å². The summed E-state index contributed by atoms with van der Waals surface area (Å²) in [7, 11) is 0. The number of Topliss-reactive ketones (excluding diaryl/α,β-unsaturated/α-hetero) is 1. The van der Waals surface area contributed by atoms with Crippen molar-refractivity contribution in [3.63, 3.8) is 0 Å². The number of likely N-dealkylation sites (tertiary alicyclic amines) is 1. The van der Waals surface area contributed by atoms with E-state index < -0.39 is 0 Å². The van der Waals surface area contributed by atoms with Crippen molar-refractivity contribution in [1.29, 1.82) is 0 Å². The lowest BCUT2D eigenvalue weighted by Gasteiger charge is -2.13. The van der Waals surface area contributed by atoms with E-state index in [9.17, 15) is 4.79 Å². The molecule has 0 spiro atoms. The summed E-state index contributed by atoms with van der Waals surface area (Å²) in [6, 6.07) is 7.94. The van der Waals surface area contributed by atoms with Gasteiger partial charge in [-0.15, -0.1) is 0 Å². The average Bonchev–Trinajstić information content (AvgIpc) is 2.65. The van der Waals surface area contributed by atoms with Crippen LogP contribution < -0.4 is 5.73 Å². The summed E-state index contributed by atoms with van der Waals surface area (Å²) in [6.07, 6.45) is 1.000. The molecule has 0 radical (unpaired) electrons. The molecule has 0 bridgehead atoms. The second-order valence-electron chi connectivity index (χ2n) is 4.21. The molecular weight excluding hydrogens is 315 g/mol. The van der Waals surface area contributed by atoms with Gasteiger partial charge in [0.25, 0.3) is 0 Å². The molecule has 1 unspecified atom stereocenters. The average molecular weight is 330 g/mol. The van der Waals surface area contributed by atoms with Crippen molar-refractivity contribution >= 4 is 28.4 Å². The third-order valence-corrected chi connectivity index (χ3v) is 3.56. The van der Waals surface area contributed by atoms with Gasteiger partial charge in [-0.3, -0.25) is 9.69 Å².